The lowest BCUT2D eigenvalue weighted by Crippen LogP contribution is -2.25. The van der Waals surface area contributed by atoms with E-state index in [9.17, 15) is 0 Å². The predicted molar refractivity (Wildman–Crippen MR) is 65.5 cm³/mol. The zero-order valence-corrected chi connectivity index (χ0v) is 10.4. The Hall–Kier alpha value is -0.600. The molecule has 1 aromatic rings. The van der Waals surface area contributed by atoms with E-state index < -0.39 is 0 Å². The van der Waals surface area contributed by atoms with E-state index in [-0.39, 0.29) is 0 Å². The Morgan fingerprint density at radius 3 is 3.00 bits per heavy atom. The van der Waals surface area contributed by atoms with Crippen LogP contribution in [0.25, 0.3) is 0 Å². The first-order valence-electron chi connectivity index (χ1n) is 5.98. The molecule has 2 nitrogen and oxygen atoms in total. The van der Waals surface area contributed by atoms with E-state index >= 15 is 0 Å². The van der Waals surface area contributed by atoms with Gasteiger partial charge in [0.2, 0.25) is 0 Å². The molecule has 0 aromatic carbocycles. The Balaban J connectivity index is 1.86. The van der Waals surface area contributed by atoms with Crippen LogP contribution >= 0.6 is 11.6 Å². The summed E-state index contributed by atoms with van der Waals surface area (Å²) in [5.74, 6) is 0.674. The zero-order valence-electron chi connectivity index (χ0n) is 9.66. The average molecular weight is 240 g/mol. The number of rotatable bonds is 3. The minimum absolute atomic E-state index is 0.398. The minimum Gasteiger partial charge on any atom is -0.372 e. The summed E-state index contributed by atoms with van der Waals surface area (Å²) in [5, 5.41) is 0.727. The van der Waals surface area contributed by atoms with Crippen molar-refractivity contribution in [2.45, 2.75) is 45.3 Å². The van der Waals surface area contributed by atoms with Crippen LogP contribution in [0.2, 0.25) is 5.02 Å². The van der Waals surface area contributed by atoms with E-state index in [1.807, 2.05) is 6.07 Å². The number of hydrogen-bond donors (Lipinski definition) is 0. The van der Waals surface area contributed by atoms with Crippen molar-refractivity contribution in [3.8, 4) is 0 Å². The molecule has 1 aliphatic rings. The molecule has 0 spiro atoms. The van der Waals surface area contributed by atoms with Crippen LogP contribution < -0.4 is 0 Å². The molecule has 0 saturated heterocycles. The molecule has 1 aliphatic carbocycles. The third-order valence-electron chi connectivity index (χ3n) is 3.26. The summed E-state index contributed by atoms with van der Waals surface area (Å²) in [6, 6.07) is 3.66. The van der Waals surface area contributed by atoms with Crippen molar-refractivity contribution < 1.29 is 4.74 Å². The molecule has 1 saturated carbocycles. The first kappa shape index (κ1) is 11.9. The molecule has 2 atom stereocenters. The predicted octanol–water partition coefficient (Wildman–Crippen LogP) is 3.83. The van der Waals surface area contributed by atoms with Gasteiger partial charge < -0.3 is 4.74 Å². The van der Waals surface area contributed by atoms with E-state index in [0.29, 0.717) is 18.6 Å². The second-order valence-corrected chi connectivity index (χ2v) is 5.01. The summed E-state index contributed by atoms with van der Waals surface area (Å²) in [6.07, 6.45) is 7.23. The molecule has 2 rings (SSSR count). The SMILES string of the molecule is CC1CCCCC1OCc1cc(Cl)ccn1. The van der Waals surface area contributed by atoms with E-state index in [0.717, 1.165) is 10.7 Å². The number of aromatic nitrogens is 1. The quantitative estimate of drug-likeness (QED) is 0.800. The van der Waals surface area contributed by atoms with Crippen molar-refractivity contribution in [2.75, 3.05) is 0 Å². The topological polar surface area (TPSA) is 22.1 Å². The molecule has 0 aliphatic heterocycles. The fourth-order valence-corrected chi connectivity index (χ4v) is 2.43. The lowest BCUT2D eigenvalue weighted by atomic mass is 9.88. The monoisotopic (exact) mass is 239 g/mol. The van der Waals surface area contributed by atoms with Crippen LogP contribution in [0.3, 0.4) is 0 Å². The Kier molecular flexibility index (Phi) is 4.19. The van der Waals surface area contributed by atoms with Gasteiger partial charge in [-0.25, -0.2) is 0 Å². The van der Waals surface area contributed by atoms with Crippen molar-refractivity contribution >= 4 is 11.6 Å². The van der Waals surface area contributed by atoms with Gasteiger partial charge in [0.25, 0.3) is 0 Å². The van der Waals surface area contributed by atoms with Gasteiger partial charge in [-0.2, -0.15) is 0 Å². The average Bonchev–Trinajstić information content (AvgIpc) is 2.28. The molecule has 2 unspecified atom stereocenters. The fraction of sp³-hybridized carbons (Fsp3) is 0.615. The summed E-state index contributed by atoms with van der Waals surface area (Å²) in [4.78, 5) is 4.24. The molecule has 0 bridgehead atoms. The standard InChI is InChI=1S/C13H18ClNO/c1-10-4-2-3-5-13(10)16-9-12-8-11(14)6-7-15-12/h6-8,10,13H,2-5,9H2,1H3. The summed E-state index contributed by atoms with van der Waals surface area (Å²) < 4.78 is 5.92. The molecule has 1 fully saturated rings. The highest BCUT2D eigenvalue weighted by Gasteiger charge is 2.21. The largest absolute Gasteiger partial charge is 0.372 e. The van der Waals surface area contributed by atoms with Crippen LogP contribution in [-0.2, 0) is 11.3 Å². The van der Waals surface area contributed by atoms with Crippen molar-refractivity contribution in [2.24, 2.45) is 5.92 Å². The maximum Gasteiger partial charge on any atom is 0.0892 e. The minimum atomic E-state index is 0.398. The van der Waals surface area contributed by atoms with Gasteiger partial charge in [0.15, 0.2) is 0 Å². The Morgan fingerprint density at radius 2 is 2.25 bits per heavy atom. The summed E-state index contributed by atoms with van der Waals surface area (Å²) in [7, 11) is 0. The smallest absolute Gasteiger partial charge is 0.0892 e. The van der Waals surface area contributed by atoms with E-state index in [1.54, 1.807) is 12.3 Å². The maximum absolute atomic E-state index is 5.92. The highest BCUT2D eigenvalue weighted by atomic mass is 35.5. The lowest BCUT2D eigenvalue weighted by molar-refractivity contribution is -0.0167. The van der Waals surface area contributed by atoms with Gasteiger partial charge in [0, 0.05) is 11.2 Å². The number of halogens is 1. The molecule has 0 N–H and O–H groups in total. The fourth-order valence-electron chi connectivity index (χ4n) is 2.25. The number of nitrogens with zero attached hydrogens (tertiary/aromatic N) is 1. The molecule has 0 radical (unpaired) electrons. The van der Waals surface area contributed by atoms with Crippen molar-refractivity contribution in [1.29, 1.82) is 0 Å². The summed E-state index contributed by atoms with van der Waals surface area (Å²) in [5.41, 5.74) is 0.922. The highest BCUT2D eigenvalue weighted by molar-refractivity contribution is 6.30. The Morgan fingerprint density at radius 1 is 1.44 bits per heavy atom. The second kappa shape index (κ2) is 5.65. The van der Waals surface area contributed by atoms with Gasteiger partial charge in [-0.1, -0.05) is 31.4 Å². The summed E-state index contributed by atoms with van der Waals surface area (Å²) >= 11 is 5.90. The maximum atomic E-state index is 5.92. The van der Waals surface area contributed by atoms with Gasteiger partial charge in [0.1, 0.15) is 0 Å². The molecular formula is C13H18ClNO. The van der Waals surface area contributed by atoms with Gasteiger partial charge in [-0.15, -0.1) is 0 Å². The van der Waals surface area contributed by atoms with E-state index in [1.165, 1.54) is 25.7 Å². The highest BCUT2D eigenvalue weighted by Crippen LogP contribution is 2.26. The van der Waals surface area contributed by atoms with Crippen LogP contribution in [0.4, 0.5) is 0 Å². The first-order valence-corrected chi connectivity index (χ1v) is 6.35. The number of ether oxygens (including phenoxy) is 1. The van der Waals surface area contributed by atoms with Crippen molar-refractivity contribution in [3.63, 3.8) is 0 Å². The van der Waals surface area contributed by atoms with Gasteiger partial charge >= 0.3 is 0 Å². The molecular weight excluding hydrogens is 222 g/mol. The van der Waals surface area contributed by atoms with Gasteiger partial charge in [0.05, 0.1) is 18.4 Å². The van der Waals surface area contributed by atoms with Crippen LogP contribution in [0, 0.1) is 5.92 Å². The van der Waals surface area contributed by atoms with Crippen LogP contribution in [-0.4, -0.2) is 11.1 Å². The molecule has 0 amide bonds. The zero-order chi connectivity index (χ0) is 11.4. The van der Waals surface area contributed by atoms with E-state index in [4.69, 9.17) is 16.3 Å². The lowest BCUT2D eigenvalue weighted by Gasteiger charge is -2.28. The van der Waals surface area contributed by atoms with Crippen molar-refractivity contribution in [3.05, 3.63) is 29.0 Å². The summed E-state index contributed by atoms with van der Waals surface area (Å²) in [6.45, 7) is 2.85. The first-order chi connectivity index (χ1) is 7.75. The molecule has 88 valence electrons. The van der Waals surface area contributed by atoms with Crippen LogP contribution in [0.15, 0.2) is 18.3 Å². The van der Waals surface area contributed by atoms with Gasteiger partial charge in [-0.3, -0.25) is 4.98 Å². The third-order valence-corrected chi connectivity index (χ3v) is 3.49. The molecule has 1 heterocycles. The van der Waals surface area contributed by atoms with Crippen molar-refractivity contribution in [1.82, 2.24) is 4.98 Å². The van der Waals surface area contributed by atoms with Gasteiger partial charge in [-0.05, 0) is 30.9 Å². The van der Waals surface area contributed by atoms with Crippen LogP contribution in [0.5, 0.6) is 0 Å². The van der Waals surface area contributed by atoms with E-state index in [2.05, 4.69) is 11.9 Å². The number of hydrogen-bond acceptors (Lipinski definition) is 2. The molecule has 16 heavy (non-hydrogen) atoms. The third kappa shape index (κ3) is 3.19. The van der Waals surface area contributed by atoms with Crippen LogP contribution in [0.1, 0.15) is 38.3 Å². The Bertz CT molecular complexity index is 342. The molecule has 3 heteroatoms. The second-order valence-electron chi connectivity index (χ2n) is 4.58. The number of pyridine rings is 1. The Labute approximate surface area is 102 Å². The molecule has 1 aromatic heterocycles. The normalized spacial score (nSPS) is 25.6.